The van der Waals surface area contributed by atoms with E-state index in [2.05, 4.69) is 5.32 Å². The van der Waals surface area contributed by atoms with E-state index in [1.807, 2.05) is 13.0 Å². The number of carbonyl (C=O) groups is 2. The van der Waals surface area contributed by atoms with Gasteiger partial charge in [-0.3, -0.25) is 4.79 Å². The Morgan fingerprint density at radius 2 is 1.55 bits per heavy atom. The van der Waals surface area contributed by atoms with E-state index in [9.17, 15) is 14.7 Å². The minimum atomic E-state index is -0.985. The summed E-state index contributed by atoms with van der Waals surface area (Å²) in [5.41, 5.74) is 1.43. The van der Waals surface area contributed by atoms with Crippen LogP contribution in [-0.2, 0) is 4.79 Å². The van der Waals surface area contributed by atoms with Crippen molar-refractivity contribution in [2.45, 2.75) is 95.9 Å². The van der Waals surface area contributed by atoms with Crippen LogP contribution in [0.4, 0.5) is 5.69 Å². The fourth-order valence-corrected chi connectivity index (χ4v) is 5.64. The molecular formula is C26H40N2O3. The van der Waals surface area contributed by atoms with Crippen molar-refractivity contribution >= 4 is 17.6 Å². The summed E-state index contributed by atoms with van der Waals surface area (Å²) >= 11 is 0. The van der Waals surface area contributed by atoms with E-state index in [0.717, 1.165) is 50.6 Å². The first-order valence-corrected chi connectivity index (χ1v) is 12.3. The number of anilines is 1. The molecule has 1 aromatic carbocycles. The summed E-state index contributed by atoms with van der Waals surface area (Å²) in [4.78, 5) is 27.2. The molecule has 0 bridgehead atoms. The molecule has 1 amide bonds. The molecule has 31 heavy (non-hydrogen) atoms. The highest BCUT2D eigenvalue weighted by molar-refractivity contribution is 6.02. The highest BCUT2D eigenvalue weighted by Gasteiger charge is 2.45. The maximum atomic E-state index is 13.8. The Bertz CT molecular complexity index is 749. The number of rotatable bonds is 3. The van der Waals surface area contributed by atoms with Crippen molar-refractivity contribution in [3.8, 4) is 0 Å². The van der Waals surface area contributed by atoms with Crippen molar-refractivity contribution in [1.82, 2.24) is 5.32 Å². The minimum Gasteiger partial charge on any atom is -0.478 e. The third kappa shape index (κ3) is 5.88. The fourth-order valence-electron chi connectivity index (χ4n) is 5.64. The zero-order valence-electron chi connectivity index (χ0n) is 19.4. The summed E-state index contributed by atoms with van der Waals surface area (Å²) in [7, 11) is 1.75. The van der Waals surface area contributed by atoms with E-state index >= 15 is 0 Å². The summed E-state index contributed by atoms with van der Waals surface area (Å²) in [5, 5.41) is 13.5. The van der Waals surface area contributed by atoms with Crippen molar-refractivity contribution in [2.75, 3.05) is 18.5 Å². The fraction of sp³-hybridized carbons (Fsp3) is 0.692. The number of hydrogen-bond donors (Lipinski definition) is 2. The third-order valence-corrected chi connectivity index (χ3v) is 7.43. The van der Waals surface area contributed by atoms with Crippen molar-refractivity contribution in [3.63, 3.8) is 0 Å². The third-order valence-electron chi connectivity index (χ3n) is 7.43. The Labute approximate surface area is 187 Å². The summed E-state index contributed by atoms with van der Waals surface area (Å²) in [6.07, 6.45) is 15.3. The molecule has 1 aromatic rings. The van der Waals surface area contributed by atoms with Crippen LogP contribution in [0.3, 0.4) is 0 Å². The lowest BCUT2D eigenvalue weighted by Gasteiger charge is -2.46. The van der Waals surface area contributed by atoms with E-state index in [1.165, 1.54) is 44.9 Å². The molecule has 1 saturated heterocycles. The number of carboxylic acid groups (broad SMARTS) is 1. The number of amides is 1. The van der Waals surface area contributed by atoms with Gasteiger partial charge in [-0.05, 0) is 51.3 Å². The maximum Gasteiger partial charge on any atom is 0.337 e. The number of carboxylic acids is 1. The average Bonchev–Trinajstić information content (AvgIpc) is 2.75. The lowest BCUT2D eigenvalue weighted by molar-refractivity contribution is -0.126. The van der Waals surface area contributed by atoms with Gasteiger partial charge < -0.3 is 15.3 Å². The van der Waals surface area contributed by atoms with Gasteiger partial charge in [-0.1, -0.05) is 69.4 Å². The van der Waals surface area contributed by atoms with E-state index in [1.54, 1.807) is 24.1 Å². The van der Waals surface area contributed by atoms with Gasteiger partial charge in [-0.15, -0.1) is 0 Å². The molecule has 1 saturated carbocycles. The smallest absolute Gasteiger partial charge is 0.337 e. The van der Waals surface area contributed by atoms with Crippen LogP contribution in [0.15, 0.2) is 18.2 Å². The molecule has 5 nitrogen and oxygen atoms in total. The van der Waals surface area contributed by atoms with Gasteiger partial charge in [0.15, 0.2) is 0 Å². The summed E-state index contributed by atoms with van der Waals surface area (Å²) < 4.78 is 0. The Hall–Kier alpha value is -1.88. The molecule has 2 N–H and O–H groups in total. The molecule has 1 aliphatic heterocycles. The second kappa shape index (κ2) is 11.1. The molecule has 1 unspecified atom stereocenters. The quantitative estimate of drug-likeness (QED) is 0.648. The first-order valence-electron chi connectivity index (χ1n) is 12.3. The molecule has 1 heterocycles. The minimum absolute atomic E-state index is 0.0608. The predicted octanol–water partition coefficient (Wildman–Crippen LogP) is 5.70. The van der Waals surface area contributed by atoms with Gasteiger partial charge in [0.05, 0.1) is 17.2 Å². The van der Waals surface area contributed by atoms with Crippen LogP contribution < -0.4 is 10.2 Å². The number of aromatic carboxylic acids is 1. The van der Waals surface area contributed by atoms with Gasteiger partial charge in [-0.25, -0.2) is 4.79 Å². The van der Waals surface area contributed by atoms with E-state index in [4.69, 9.17) is 0 Å². The number of nitrogens with one attached hydrogen (secondary N) is 1. The van der Waals surface area contributed by atoms with Crippen molar-refractivity contribution in [2.24, 2.45) is 5.92 Å². The SMILES string of the molecule is Cc1ccc(N(C)C(=O)C2CCCNC23CCCCCCCCCCC3)c(C(=O)O)c1. The van der Waals surface area contributed by atoms with Gasteiger partial charge in [0.25, 0.3) is 0 Å². The highest BCUT2D eigenvalue weighted by Crippen LogP contribution is 2.38. The Balaban J connectivity index is 1.85. The van der Waals surface area contributed by atoms with Crippen LogP contribution in [0.5, 0.6) is 0 Å². The van der Waals surface area contributed by atoms with Crippen molar-refractivity contribution in [1.29, 1.82) is 0 Å². The topological polar surface area (TPSA) is 69.6 Å². The van der Waals surface area contributed by atoms with Crippen LogP contribution in [0.1, 0.15) is 99.4 Å². The van der Waals surface area contributed by atoms with Gasteiger partial charge in [0, 0.05) is 12.6 Å². The van der Waals surface area contributed by atoms with Gasteiger partial charge in [0.1, 0.15) is 0 Å². The monoisotopic (exact) mass is 428 g/mol. The number of hydrogen-bond acceptors (Lipinski definition) is 3. The van der Waals surface area contributed by atoms with Crippen molar-refractivity contribution < 1.29 is 14.7 Å². The maximum absolute atomic E-state index is 13.8. The summed E-state index contributed by atoms with van der Waals surface area (Å²) in [5.74, 6) is -1.02. The lowest BCUT2D eigenvalue weighted by atomic mass is 9.70. The van der Waals surface area contributed by atoms with Crippen LogP contribution in [0.2, 0.25) is 0 Å². The molecule has 0 aromatic heterocycles. The van der Waals surface area contributed by atoms with E-state index < -0.39 is 5.97 Å². The lowest BCUT2D eigenvalue weighted by Crippen LogP contribution is -2.59. The van der Waals surface area contributed by atoms with Gasteiger partial charge >= 0.3 is 5.97 Å². The number of carbonyl (C=O) groups excluding carboxylic acids is 1. The molecule has 0 radical (unpaired) electrons. The molecule has 2 aliphatic rings. The zero-order chi connectivity index (χ0) is 22.3. The van der Waals surface area contributed by atoms with Crippen molar-refractivity contribution in [3.05, 3.63) is 29.3 Å². The summed E-state index contributed by atoms with van der Waals surface area (Å²) in [6.45, 7) is 2.85. The normalized spacial score (nSPS) is 22.8. The highest BCUT2D eigenvalue weighted by atomic mass is 16.4. The molecule has 5 heteroatoms. The van der Waals surface area contributed by atoms with Crippen LogP contribution in [0, 0.1) is 12.8 Å². The first kappa shape index (κ1) is 23.8. The van der Waals surface area contributed by atoms with E-state index in [-0.39, 0.29) is 22.9 Å². The number of aryl methyl sites for hydroxylation is 1. The Morgan fingerprint density at radius 1 is 0.968 bits per heavy atom. The molecule has 3 rings (SSSR count). The van der Waals surface area contributed by atoms with Crippen LogP contribution in [0.25, 0.3) is 0 Å². The molecule has 1 aliphatic carbocycles. The number of benzene rings is 1. The molecule has 1 spiro atoms. The summed E-state index contributed by atoms with van der Waals surface area (Å²) in [6, 6.07) is 5.32. The first-order chi connectivity index (χ1) is 14.9. The van der Waals surface area contributed by atoms with Gasteiger partial charge in [-0.2, -0.15) is 0 Å². The average molecular weight is 429 g/mol. The zero-order valence-corrected chi connectivity index (χ0v) is 19.4. The van der Waals surface area contributed by atoms with Gasteiger partial charge in [0.2, 0.25) is 5.91 Å². The van der Waals surface area contributed by atoms with E-state index in [0.29, 0.717) is 5.69 Å². The van der Waals surface area contributed by atoms with Crippen LogP contribution in [-0.4, -0.2) is 36.1 Å². The second-order valence-electron chi connectivity index (χ2n) is 9.68. The second-order valence-corrected chi connectivity index (χ2v) is 9.68. The molecule has 172 valence electrons. The largest absolute Gasteiger partial charge is 0.478 e. The Kier molecular flexibility index (Phi) is 8.53. The molecule has 2 fully saturated rings. The number of nitrogens with zero attached hydrogens (tertiary/aromatic N) is 1. The molecule has 1 atom stereocenters. The van der Waals surface area contributed by atoms with Crippen LogP contribution >= 0.6 is 0 Å². The number of piperidine rings is 1. The molecular weight excluding hydrogens is 388 g/mol. The predicted molar refractivity (Wildman–Crippen MR) is 126 cm³/mol. The standard InChI is InChI=1S/C26H40N2O3/c1-20-14-15-23(21(19-20)25(30)31)28(2)24(29)22-13-12-18-27-26(22)16-10-8-6-4-3-5-7-9-11-17-26/h14-15,19,22,27H,3-13,16-18H2,1-2H3,(H,30,31). The Morgan fingerprint density at radius 3 is 2.13 bits per heavy atom.